The number of benzene rings is 1. The van der Waals surface area contributed by atoms with Crippen molar-refractivity contribution in [3.05, 3.63) is 81.3 Å². The highest BCUT2D eigenvalue weighted by molar-refractivity contribution is 7.13. The second-order valence-corrected chi connectivity index (χ2v) is 7.73. The minimum absolute atomic E-state index is 0.0254. The van der Waals surface area contributed by atoms with E-state index in [0.717, 1.165) is 22.9 Å². The first-order chi connectivity index (χ1) is 15.9. The zero-order valence-corrected chi connectivity index (χ0v) is 17.3. The van der Waals surface area contributed by atoms with Crippen molar-refractivity contribution in [2.75, 3.05) is 5.32 Å². The lowest BCUT2D eigenvalue weighted by molar-refractivity contribution is -0.138. The van der Waals surface area contributed by atoms with Gasteiger partial charge >= 0.3 is 12.4 Å². The number of halogens is 6. The van der Waals surface area contributed by atoms with E-state index in [9.17, 15) is 35.9 Å². The van der Waals surface area contributed by atoms with Crippen LogP contribution >= 0.6 is 11.3 Å². The van der Waals surface area contributed by atoms with Crippen LogP contribution in [0.2, 0.25) is 0 Å². The molecule has 7 nitrogen and oxygen atoms in total. The van der Waals surface area contributed by atoms with Gasteiger partial charge in [-0.2, -0.15) is 26.3 Å². The third-order valence-electron chi connectivity index (χ3n) is 4.45. The van der Waals surface area contributed by atoms with Crippen molar-refractivity contribution in [1.29, 1.82) is 0 Å². The molecule has 4 rings (SSSR count). The molecule has 3 heterocycles. The van der Waals surface area contributed by atoms with Crippen LogP contribution in [0.5, 0.6) is 0 Å². The second-order valence-electron chi connectivity index (χ2n) is 6.78. The van der Waals surface area contributed by atoms with Gasteiger partial charge in [-0.05, 0) is 35.7 Å². The number of H-pyrrole nitrogens is 1. The van der Waals surface area contributed by atoms with Gasteiger partial charge in [0.2, 0.25) is 5.82 Å². The molecule has 2 N–H and O–H groups in total. The van der Waals surface area contributed by atoms with E-state index in [1.165, 1.54) is 17.4 Å². The Morgan fingerprint density at radius 2 is 1.74 bits per heavy atom. The third-order valence-corrected chi connectivity index (χ3v) is 5.31. The fourth-order valence-corrected chi connectivity index (χ4v) is 3.58. The lowest BCUT2D eigenvalue weighted by Gasteiger charge is -2.09. The first kappa shape index (κ1) is 23.2. The number of hydrogen-bond donors (Lipinski definition) is 2. The summed E-state index contributed by atoms with van der Waals surface area (Å²) in [6.07, 6.45) is -8.96. The summed E-state index contributed by atoms with van der Waals surface area (Å²) in [5.41, 5.74) is -3.92. The highest BCUT2D eigenvalue weighted by atomic mass is 32.1. The van der Waals surface area contributed by atoms with Gasteiger partial charge in [-0.3, -0.25) is 9.59 Å². The summed E-state index contributed by atoms with van der Waals surface area (Å²) >= 11 is 1.17. The van der Waals surface area contributed by atoms with Crippen LogP contribution in [0.4, 0.5) is 32.0 Å². The van der Waals surface area contributed by atoms with Gasteiger partial charge in [0, 0.05) is 6.20 Å². The number of carbonyl (C=O) groups excluding carboxylic acids is 1. The number of hydrogen-bond acceptors (Lipinski definition) is 5. The molecule has 1 aromatic carbocycles. The minimum Gasteiger partial charge on any atom is -0.327 e. The number of thiophene rings is 1. The van der Waals surface area contributed by atoms with E-state index in [1.54, 1.807) is 17.5 Å². The van der Waals surface area contributed by atoms with Gasteiger partial charge in [0.05, 0.1) is 21.7 Å². The number of alkyl halides is 6. The number of nitrogens with one attached hydrogen (secondary N) is 2. The molecule has 0 saturated heterocycles. The van der Waals surface area contributed by atoms with Crippen LogP contribution in [-0.4, -0.2) is 25.7 Å². The Bertz CT molecular complexity index is 1410. The number of nitrogens with zero attached hydrogens (tertiary/aromatic N) is 3. The molecule has 0 unspecified atom stereocenters. The smallest absolute Gasteiger partial charge is 0.327 e. The molecule has 0 aliphatic rings. The molecule has 34 heavy (non-hydrogen) atoms. The predicted octanol–water partition coefficient (Wildman–Crippen LogP) is 4.97. The van der Waals surface area contributed by atoms with Gasteiger partial charge in [0.25, 0.3) is 11.5 Å². The number of carbonyl (C=O) groups is 1. The molecule has 0 radical (unpaired) electrons. The molecular formula is C20H11F6N5O2S. The van der Waals surface area contributed by atoms with Gasteiger partial charge in [0.1, 0.15) is 5.69 Å². The molecule has 0 atom stereocenters. The molecule has 0 spiro atoms. The summed E-state index contributed by atoms with van der Waals surface area (Å²) < 4.78 is 79.3. The summed E-state index contributed by atoms with van der Waals surface area (Å²) in [5.74, 6) is -1.68. The Kier molecular flexibility index (Phi) is 5.77. The summed E-state index contributed by atoms with van der Waals surface area (Å²) in [6, 6.07) is 7.83. The number of rotatable bonds is 4. The van der Waals surface area contributed by atoms with Gasteiger partial charge in [0.15, 0.2) is 5.82 Å². The molecule has 0 fully saturated rings. The maximum Gasteiger partial charge on any atom is 0.417 e. The van der Waals surface area contributed by atoms with E-state index < -0.39 is 46.5 Å². The molecule has 1 amide bonds. The Hall–Kier alpha value is -3.94. The lowest BCUT2D eigenvalue weighted by atomic mass is 10.2. The minimum atomic E-state index is -4.78. The molecule has 0 bridgehead atoms. The van der Waals surface area contributed by atoms with Crippen molar-refractivity contribution in [3.63, 3.8) is 0 Å². The zero-order chi connectivity index (χ0) is 24.7. The predicted molar refractivity (Wildman–Crippen MR) is 110 cm³/mol. The van der Waals surface area contributed by atoms with Crippen molar-refractivity contribution in [3.8, 4) is 16.4 Å². The highest BCUT2D eigenvalue weighted by Gasteiger charge is 2.32. The molecule has 0 saturated carbocycles. The van der Waals surface area contributed by atoms with E-state index in [4.69, 9.17) is 0 Å². The molecule has 0 aliphatic carbocycles. The van der Waals surface area contributed by atoms with Gasteiger partial charge in [-0.1, -0.05) is 12.1 Å². The van der Waals surface area contributed by atoms with Gasteiger partial charge < -0.3 is 10.3 Å². The lowest BCUT2D eigenvalue weighted by Crippen LogP contribution is -2.22. The van der Waals surface area contributed by atoms with Crippen molar-refractivity contribution in [2.24, 2.45) is 0 Å². The number of anilines is 1. The number of aromatic nitrogens is 4. The van der Waals surface area contributed by atoms with Crippen molar-refractivity contribution < 1.29 is 31.1 Å². The van der Waals surface area contributed by atoms with E-state index in [2.05, 4.69) is 10.1 Å². The number of aromatic amines is 1. The largest absolute Gasteiger partial charge is 0.417 e. The molecule has 4 aromatic rings. The van der Waals surface area contributed by atoms with Crippen LogP contribution in [0.25, 0.3) is 16.4 Å². The fraction of sp³-hybridized carbons (Fsp3) is 0.100. The van der Waals surface area contributed by atoms with E-state index >= 15 is 0 Å². The zero-order valence-electron chi connectivity index (χ0n) is 16.5. The van der Waals surface area contributed by atoms with Gasteiger partial charge in [-0.15, -0.1) is 16.4 Å². The molecular weight excluding hydrogens is 488 g/mol. The van der Waals surface area contributed by atoms with Crippen molar-refractivity contribution in [1.82, 2.24) is 19.7 Å². The normalized spacial score (nSPS) is 12.1. The molecule has 14 heteroatoms. The van der Waals surface area contributed by atoms with Crippen molar-refractivity contribution in [2.45, 2.75) is 12.4 Å². The van der Waals surface area contributed by atoms with E-state index in [0.29, 0.717) is 17.1 Å². The van der Waals surface area contributed by atoms with Crippen LogP contribution < -0.4 is 10.9 Å². The maximum atomic E-state index is 13.2. The fourth-order valence-electron chi connectivity index (χ4n) is 2.89. The van der Waals surface area contributed by atoms with Crippen LogP contribution in [-0.2, 0) is 12.4 Å². The van der Waals surface area contributed by atoms with E-state index in [-0.39, 0.29) is 11.5 Å². The van der Waals surface area contributed by atoms with Crippen molar-refractivity contribution >= 4 is 22.9 Å². The number of amides is 1. The standard InChI is InChI=1S/C20H11F6N5O2S/c21-19(22,23)10-3-1-4-12(7-10)31-16(14-5-2-6-34-14)29-15(30-31)18(33)28-13-8-11(20(24,25)26)9-27-17(13)32/h1-9H,(H,27,32)(H,28,33). The van der Waals surface area contributed by atoms with Crippen LogP contribution in [0.15, 0.2) is 58.8 Å². The number of pyridine rings is 1. The molecule has 0 aliphatic heterocycles. The maximum absolute atomic E-state index is 13.2. The molecule has 176 valence electrons. The first-order valence-electron chi connectivity index (χ1n) is 9.23. The van der Waals surface area contributed by atoms with E-state index in [1.807, 2.05) is 10.3 Å². The highest BCUT2D eigenvalue weighted by Crippen LogP contribution is 2.32. The summed E-state index contributed by atoms with van der Waals surface area (Å²) in [5, 5.41) is 7.64. The van der Waals surface area contributed by atoms with Gasteiger partial charge in [-0.25, -0.2) is 9.67 Å². The Labute approximate surface area is 189 Å². The summed E-state index contributed by atoms with van der Waals surface area (Å²) in [6.45, 7) is 0. The second kappa shape index (κ2) is 8.44. The van der Waals surface area contributed by atoms with Crippen LogP contribution in [0.3, 0.4) is 0 Å². The summed E-state index contributed by atoms with van der Waals surface area (Å²) in [7, 11) is 0. The van der Waals surface area contributed by atoms with Crippen LogP contribution in [0, 0.1) is 0 Å². The average Bonchev–Trinajstić information content (AvgIpc) is 3.44. The SMILES string of the molecule is O=C(Nc1cc(C(F)(F)F)c[nH]c1=O)c1nc(-c2cccs2)n(-c2cccc(C(F)(F)F)c2)n1. The third kappa shape index (κ3) is 4.71. The first-order valence-corrected chi connectivity index (χ1v) is 10.1. The average molecular weight is 499 g/mol. The van der Waals surface area contributed by atoms with Crippen LogP contribution in [0.1, 0.15) is 21.7 Å². The quantitative estimate of drug-likeness (QED) is 0.388. The Balaban J connectivity index is 1.75. The summed E-state index contributed by atoms with van der Waals surface area (Å²) in [4.78, 5) is 30.9. The topological polar surface area (TPSA) is 92.7 Å². The monoisotopic (exact) mass is 499 g/mol. The Morgan fingerprint density at radius 1 is 1.00 bits per heavy atom. The Morgan fingerprint density at radius 3 is 2.38 bits per heavy atom. The molecule has 3 aromatic heterocycles.